The Morgan fingerprint density at radius 1 is 0.828 bits per heavy atom. The number of Topliss-reactive ketones (excluding diaryl/α,β-unsaturated/α-hetero) is 1. The Kier molecular flexibility index (Phi) is 5.57. The Bertz CT molecular complexity index is 1040. The molecule has 150 valence electrons. The number of hydrogen-bond acceptors (Lipinski definition) is 1. The van der Waals surface area contributed by atoms with E-state index in [9.17, 15) is 4.79 Å². The number of hydrogen-bond donors (Lipinski definition) is 2. The number of benzene rings is 2. The number of aromatic amines is 2. The maximum atomic E-state index is 13.1. The van der Waals surface area contributed by atoms with Crippen LogP contribution in [0.4, 0.5) is 0 Å². The average Bonchev–Trinajstić information content (AvgIpc) is 3.36. The number of fused-ring (bicyclic) bond motifs is 2. The quantitative estimate of drug-likeness (QED) is 0.302. The Balaban J connectivity index is 1.76. The van der Waals surface area contributed by atoms with E-state index in [1.165, 1.54) is 34.7 Å². The lowest BCUT2D eigenvalue weighted by Gasteiger charge is -2.29. The molecule has 0 aliphatic carbocycles. The standard InChI is InChI=1S/C26H30N2O/c1-3-4-5-6-11-19(29)16-26(2,22-17-27-24-14-9-7-12-20(22)24)23-18-28-25-15-10-8-13-21(23)25/h7-10,12-15,17-18,27-28H,3-6,11,16H2,1-2H3. The number of H-pyrrole nitrogens is 2. The van der Waals surface area contributed by atoms with Gasteiger partial charge in [-0.15, -0.1) is 0 Å². The van der Waals surface area contributed by atoms with Crippen LogP contribution in [0.1, 0.15) is 63.5 Å². The number of para-hydroxylation sites is 2. The van der Waals surface area contributed by atoms with E-state index < -0.39 is 0 Å². The molecule has 4 aromatic rings. The second-order valence-electron chi connectivity index (χ2n) is 8.35. The zero-order valence-electron chi connectivity index (χ0n) is 17.4. The first kappa shape index (κ1) is 19.5. The van der Waals surface area contributed by atoms with E-state index in [-0.39, 0.29) is 5.41 Å². The number of ketones is 1. The second-order valence-corrected chi connectivity index (χ2v) is 8.35. The Morgan fingerprint density at radius 2 is 1.38 bits per heavy atom. The molecule has 2 aromatic heterocycles. The van der Waals surface area contributed by atoms with Crippen LogP contribution >= 0.6 is 0 Å². The molecule has 4 rings (SSSR count). The van der Waals surface area contributed by atoms with Gasteiger partial charge in [0.25, 0.3) is 0 Å². The molecule has 3 nitrogen and oxygen atoms in total. The van der Waals surface area contributed by atoms with Crippen molar-refractivity contribution in [3.63, 3.8) is 0 Å². The minimum atomic E-state index is -0.388. The lowest BCUT2D eigenvalue weighted by atomic mass is 9.72. The molecule has 2 aromatic carbocycles. The van der Waals surface area contributed by atoms with E-state index in [4.69, 9.17) is 0 Å². The van der Waals surface area contributed by atoms with Crippen molar-refractivity contribution in [1.29, 1.82) is 0 Å². The van der Waals surface area contributed by atoms with Gasteiger partial charge in [-0.3, -0.25) is 4.79 Å². The second kappa shape index (κ2) is 8.28. The highest BCUT2D eigenvalue weighted by Crippen LogP contribution is 2.42. The predicted octanol–water partition coefficient (Wildman–Crippen LogP) is 6.88. The maximum absolute atomic E-state index is 13.1. The molecule has 0 bridgehead atoms. The van der Waals surface area contributed by atoms with Gasteiger partial charge in [0, 0.05) is 52.5 Å². The molecular formula is C26H30N2O. The van der Waals surface area contributed by atoms with Crippen molar-refractivity contribution in [1.82, 2.24) is 9.97 Å². The Hall–Kier alpha value is -2.81. The number of nitrogens with one attached hydrogen (secondary N) is 2. The third kappa shape index (κ3) is 3.74. The number of carbonyl (C=O) groups excluding carboxylic acids is 1. The summed E-state index contributed by atoms with van der Waals surface area (Å²) in [5.41, 5.74) is 4.23. The van der Waals surface area contributed by atoms with Gasteiger partial charge >= 0.3 is 0 Å². The van der Waals surface area contributed by atoms with E-state index in [0.29, 0.717) is 18.6 Å². The molecule has 0 saturated carbocycles. The van der Waals surface area contributed by atoms with E-state index in [1.54, 1.807) is 0 Å². The van der Waals surface area contributed by atoms with Crippen LogP contribution in [0.15, 0.2) is 60.9 Å². The van der Waals surface area contributed by atoms with Gasteiger partial charge in [-0.1, -0.05) is 69.5 Å². The van der Waals surface area contributed by atoms with Gasteiger partial charge in [-0.25, -0.2) is 0 Å². The zero-order chi connectivity index (χ0) is 20.3. The highest BCUT2D eigenvalue weighted by Gasteiger charge is 2.35. The number of rotatable bonds is 9. The molecule has 2 N–H and O–H groups in total. The lowest BCUT2D eigenvalue weighted by molar-refractivity contribution is -0.120. The molecule has 0 aliphatic rings. The van der Waals surface area contributed by atoms with E-state index in [0.717, 1.165) is 23.9 Å². The fourth-order valence-electron chi connectivity index (χ4n) is 4.62. The average molecular weight is 387 g/mol. The SMILES string of the molecule is CCCCCCC(=O)CC(C)(c1c[nH]c2ccccc12)c1c[nH]c2ccccc12. The first-order chi connectivity index (χ1) is 14.1. The molecule has 3 heteroatoms. The molecule has 0 spiro atoms. The number of aromatic nitrogens is 2. The summed E-state index contributed by atoms with van der Waals surface area (Å²) in [6.45, 7) is 4.43. The molecular weight excluding hydrogens is 356 g/mol. The van der Waals surface area contributed by atoms with Gasteiger partial charge in [0.15, 0.2) is 0 Å². The van der Waals surface area contributed by atoms with Crippen LogP contribution in [0.3, 0.4) is 0 Å². The highest BCUT2D eigenvalue weighted by atomic mass is 16.1. The van der Waals surface area contributed by atoms with Crippen molar-refractivity contribution in [2.24, 2.45) is 0 Å². The van der Waals surface area contributed by atoms with Crippen molar-refractivity contribution in [2.45, 2.75) is 57.8 Å². The van der Waals surface area contributed by atoms with Gasteiger partial charge < -0.3 is 9.97 Å². The van der Waals surface area contributed by atoms with Gasteiger partial charge in [0.2, 0.25) is 0 Å². The third-order valence-electron chi connectivity index (χ3n) is 6.23. The monoisotopic (exact) mass is 386 g/mol. The van der Waals surface area contributed by atoms with Gasteiger partial charge in [0.1, 0.15) is 5.78 Å². The van der Waals surface area contributed by atoms with Crippen LogP contribution in [-0.2, 0) is 10.2 Å². The first-order valence-corrected chi connectivity index (χ1v) is 10.8. The largest absolute Gasteiger partial charge is 0.361 e. The summed E-state index contributed by atoms with van der Waals surface area (Å²) in [4.78, 5) is 19.9. The topological polar surface area (TPSA) is 48.6 Å². The summed E-state index contributed by atoms with van der Waals surface area (Å²) >= 11 is 0. The van der Waals surface area contributed by atoms with Crippen LogP contribution < -0.4 is 0 Å². The normalized spacial score (nSPS) is 12.1. The number of carbonyl (C=O) groups is 1. The summed E-state index contributed by atoms with van der Waals surface area (Å²) in [5.74, 6) is 0.346. The fraction of sp³-hybridized carbons (Fsp3) is 0.346. The predicted molar refractivity (Wildman–Crippen MR) is 121 cm³/mol. The van der Waals surface area contributed by atoms with Crippen molar-refractivity contribution in [3.8, 4) is 0 Å². The molecule has 29 heavy (non-hydrogen) atoms. The van der Waals surface area contributed by atoms with Gasteiger partial charge in [0.05, 0.1) is 0 Å². The van der Waals surface area contributed by atoms with E-state index in [2.05, 4.69) is 72.6 Å². The van der Waals surface area contributed by atoms with E-state index in [1.807, 2.05) is 12.1 Å². The van der Waals surface area contributed by atoms with Crippen molar-refractivity contribution < 1.29 is 4.79 Å². The zero-order valence-corrected chi connectivity index (χ0v) is 17.4. The van der Waals surface area contributed by atoms with Crippen LogP contribution in [0.5, 0.6) is 0 Å². The summed E-state index contributed by atoms with van der Waals surface area (Å²) in [6, 6.07) is 16.7. The van der Waals surface area contributed by atoms with Crippen LogP contribution in [0, 0.1) is 0 Å². The fourth-order valence-corrected chi connectivity index (χ4v) is 4.62. The molecule has 0 fully saturated rings. The smallest absolute Gasteiger partial charge is 0.134 e. The van der Waals surface area contributed by atoms with Crippen LogP contribution in [0.2, 0.25) is 0 Å². The minimum absolute atomic E-state index is 0.346. The Morgan fingerprint density at radius 3 is 1.93 bits per heavy atom. The maximum Gasteiger partial charge on any atom is 0.134 e. The summed E-state index contributed by atoms with van der Waals surface area (Å²) in [5, 5.41) is 2.39. The molecule has 0 unspecified atom stereocenters. The Labute approximate surface area is 172 Å². The van der Waals surface area contributed by atoms with Gasteiger partial charge in [-0.2, -0.15) is 0 Å². The van der Waals surface area contributed by atoms with Crippen LogP contribution in [0.25, 0.3) is 21.8 Å². The lowest BCUT2D eigenvalue weighted by Crippen LogP contribution is -2.27. The molecule has 0 amide bonds. The van der Waals surface area contributed by atoms with Crippen molar-refractivity contribution >= 4 is 27.6 Å². The summed E-state index contributed by atoms with van der Waals surface area (Å²) < 4.78 is 0. The van der Waals surface area contributed by atoms with Crippen molar-refractivity contribution in [3.05, 3.63) is 72.1 Å². The minimum Gasteiger partial charge on any atom is -0.361 e. The third-order valence-corrected chi connectivity index (χ3v) is 6.23. The van der Waals surface area contributed by atoms with Crippen LogP contribution in [-0.4, -0.2) is 15.8 Å². The molecule has 0 radical (unpaired) electrons. The summed E-state index contributed by atoms with van der Waals surface area (Å²) in [7, 11) is 0. The first-order valence-electron chi connectivity index (χ1n) is 10.8. The van der Waals surface area contributed by atoms with Gasteiger partial charge in [-0.05, 0) is 29.7 Å². The molecule has 0 atom stereocenters. The van der Waals surface area contributed by atoms with Crippen molar-refractivity contribution in [2.75, 3.05) is 0 Å². The highest BCUT2D eigenvalue weighted by molar-refractivity contribution is 5.91. The summed E-state index contributed by atoms with van der Waals surface area (Å²) in [6.07, 6.45) is 9.90. The molecule has 0 saturated heterocycles. The molecule has 0 aliphatic heterocycles. The number of unbranched alkanes of at least 4 members (excludes halogenated alkanes) is 3. The molecule has 2 heterocycles. The van der Waals surface area contributed by atoms with E-state index >= 15 is 0 Å².